The molecule has 0 spiro atoms. The first-order valence-corrected chi connectivity index (χ1v) is 9.90. The van der Waals surface area contributed by atoms with Crippen LogP contribution in [-0.2, 0) is 0 Å². The van der Waals surface area contributed by atoms with Gasteiger partial charge in [0.15, 0.2) is 0 Å². The van der Waals surface area contributed by atoms with Crippen LogP contribution in [0.3, 0.4) is 0 Å². The number of hydrogen-bond donors (Lipinski definition) is 3. The van der Waals surface area contributed by atoms with Crippen molar-refractivity contribution in [2.75, 3.05) is 17.6 Å². The summed E-state index contributed by atoms with van der Waals surface area (Å²) in [5.41, 5.74) is 5.38. The maximum absolute atomic E-state index is 14.7. The molecule has 0 bridgehead atoms. The van der Waals surface area contributed by atoms with Crippen LogP contribution in [-0.4, -0.2) is 29.8 Å². The van der Waals surface area contributed by atoms with Crippen LogP contribution in [0.25, 0.3) is 11.1 Å². The van der Waals surface area contributed by atoms with Gasteiger partial charge in [-0.25, -0.2) is 22.5 Å². The van der Waals surface area contributed by atoms with E-state index in [9.17, 15) is 27.2 Å². The molecule has 172 valence electrons. The van der Waals surface area contributed by atoms with Gasteiger partial charge >= 0.3 is 0 Å². The Bertz CT molecular complexity index is 1240. The van der Waals surface area contributed by atoms with Crippen molar-refractivity contribution in [1.29, 1.82) is 0 Å². The van der Waals surface area contributed by atoms with E-state index in [-0.39, 0.29) is 43.8 Å². The van der Waals surface area contributed by atoms with E-state index in [1.165, 1.54) is 18.2 Å². The molecule has 3 aromatic rings. The van der Waals surface area contributed by atoms with E-state index in [1.807, 2.05) is 5.32 Å². The summed E-state index contributed by atoms with van der Waals surface area (Å²) in [5, 5.41) is 4.03. The van der Waals surface area contributed by atoms with E-state index < -0.39 is 36.4 Å². The van der Waals surface area contributed by atoms with Crippen LogP contribution in [0, 0.1) is 11.6 Å². The van der Waals surface area contributed by atoms with E-state index in [1.54, 1.807) is 0 Å². The predicted octanol–water partition coefficient (Wildman–Crippen LogP) is 5.16. The lowest BCUT2D eigenvalue weighted by Crippen LogP contribution is -2.29. The van der Waals surface area contributed by atoms with Crippen LogP contribution in [0.4, 0.5) is 28.9 Å². The summed E-state index contributed by atoms with van der Waals surface area (Å²) in [6, 6.07) is 6.65. The van der Waals surface area contributed by atoms with Gasteiger partial charge in [0.2, 0.25) is 0 Å². The van der Waals surface area contributed by atoms with Crippen LogP contribution in [0.2, 0.25) is 10.0 Å². The molecule has 0 unspecified atom stereocenters. The first-order valence-electron chi connectivity index (χ1n) is 9.14. The van der Waals surface area contributed by atoms with Gasteiger partial charge in [0.1, 0.15) is 17.3 Å². The molecule has 0 aliphatic heterocycles. The molecule has 3 rings (SSSR count). The number of nitrogens with two attached hydrogens (primary N) is 1. The van der Waals surface area contributed by atoms with Gasteiger partial charge in [-0.2, -0.15) is 0 Å². The fourth-order valence-corrected chi connectivity index (χ4v) is 3.33. The summed E-state index contributed by atoms with van der Waals surface area (Å²) in [5.74, 6) is -3.15. The molecule has 6 nitrogen and oxygen atoms in total. The van der Waals surface area contributed by atoms with E-state index in [2.05, 4.69) is 10.3 Å². The van der Waals surface area contributed by atoms with Gasteiger partial charge in [0.05, 0.1) is 34.0 Å². The molecule has 0 aliphatic rings. The molecule has 12 heteroatoms. The van der Waals surface area contributed by atoms with Crippen LogP contribution >= 0.6 is 23.2 Å². The number of rotatable bonds is 6. The van der Waals surface area contributed by atoms with Crippen molar-refractivity contribution < 1.29 is 27.2 Å². The Hall–Kier alpha value is -3.37. The number of halogens is 6. The van der Waals surface area contributed by atoms with Crippen molar-refractivity contribution in [1.82, 2.24) is 10.3 Å². The summed E-state index contributed by atoms with van der Waals surface area (Å²) in [6.07, 6.45) is -1.68. The van der Waals surface area contributed by atoms with E-state index >= 15 is 0 Å². The highest BCUT2D eigenvalue weighted by molar-refractivity contribution is 6.35. The monoisotopic (exact) mass is 500 g/mol. The zero-order chi connectivity index (χ0) is 24.3. The van der Waals surface area contributed by atoms with Gasteiger partial charge in [-0.05, 0) is 36.4 Å². The second kappa shape index (κ2) is 10.1. The second-order valence-corrected chi connectivity index (χ2v) is 7.47. The predicted molar refractivity (Wildman–Crippen MR) is 117 cm³/mol. The lowest BCUT2D eigenvalue weighted by molar-refractivity contribution is 0.0887. The van der Waals surface area contributed by atoms with E-state index in [0.717, 1.165) is 24.4 Å². The summed E-state index contributed by atoms with van der Waals surface area (Å²) in [7, 11) is 0. The van der Waals surface area contributed by atoms with Crippen molar-refractivity contribution in [3.63, 3.8) is 0 Å². The number of benzene rings is 2. The topological polar surface area (TPSA) is 97.1 Å². The molecule has 1 heterocycles. The molecule has 0 atom stereocenters. The largest absolute Gasteiger partial charge is 0.398 e. The minimum atomic E-state index is -2.75. The smallest absolute Gasteiger partial charge is 0.271 e. The van der Waals surface area contributed by atoms with E-state index in [0.29, 0.717) is 0 Å². The standard InChI is InChI=1S/C21H14Cl2F4N4O2/c22-14-5-12(11-2-1-9(24)3-17(11)28)16(25)6-13(14)20(32)31-10-4-15(23)19(29-7-10)21(33)30-8-18(26)27/h1-7,18H,8,28H2,(H,30,33)(H,31,32). The Balaban J connectivity index is 1.81. The Morgan fingerprint density at radius 2 is 1.73 bits per heavy atom. The average molecular weight is 501 g/mol. The van der Waals surface area contributed by atoms with Gasteiger partial charge in [0.25, 0.3) is 18.2 Å². The van der Waals surface area contributed by atoms with Crippen molar-refractivity contribution in [2.45, 2.75) is 6.43 Å². The van der Waals surface area contributed by atoms with E-state index in [4.69, 9.17) is 28.9 Å². The number of nitrogens with one attached hydrogen (secondary N) is 2. The Labute approximate surface area is 194 Å². The Kier molecular flexibility index (Phi) is 7.39. The zero-order valence-corrected chi connectivity index (χ0v) is 17.9. The lowest BCUT2D eigenvalue weighted by Gasteiger charge is -2.12. The zero-order valence-electron chi connectivity index (χ0n) is 16.4. The van der Waals surface area contributed by atoms with Crippen molar-refractivity contribution in [3.05, 3.63) is 75.5 Å². The van der Waals surface area contributed by atoms with Crippen molar-refractivity contribution in [3.8, 4) is 11.1 Å². The highest BCUT2D eigenvalue weighted by Crippen LogP contribution is 2.33. The molecule has 2 aromatic carbocycles. The average Bonchev–Trinajstić information content (AvgIpc) is 2.73. The molecule has 0 radical (unpaired) electrons. The first-order chi connectivity index (χ1) is 15.6. The Morgan fingerprint density at radius 1 is 1.00 bits per heavy atom. The molecule has 4 N–H and O–H groups in total. The number of carbonyl (C=O) groups excluding carboxylic acids is 2. The third-order valence-electron chi connectivity index (χ3n) is 4.34. The molecule has 0 saturated carbocycles. The highest BCUT2D eigenvalue weighted by Gasteiger charge is 2.19. The summed E-state index contributed by atoms with van der Waals surface area (Å²) in [6.45, 7) is -0.876. The van der Waals surface area contributed by atoms with Gasteiger partial charge in [-0.3, -0.25) is 9.59 Å². The first kappa shape index (κ1) is 24.3. The van der Waals surface area contributed by atoms with Crippen LogP contribution in [0.15, 0.2) is 42.6 Å². The van der Waals surface area contributed by atoms with Crippen LogP contribution < -0.4 is 16.4 Å². The van der Waals surface area contributed by atoms with Crippen molar-refractivity contribution in [2.24, 2.45) is 0 Å². The number of hydrogen-bond acceptors (Lipinski definition) is 4. The maximum atomic E-state index is 14.7. The molecule has 0 aliphatic carbocycles. The number of nitrogens with zero attached hydrogens (tertiary/aromatic N) is 1. The van der Waals surface area contributed by atoms with Crippen LogP contribution in [0.1, 0.15) is 20.8 Å². The highest BCUT2D eigenvalue weighted by atomic mass is 35.5. The molecule has 0 saturated heterocycles. The molecule has 1 aromatic heterocycles. The normalized spacial score (nSPS) is 10.9. The number of carbonyl (C=O) groups is 2. The number of anilines is 2. The van der Waals surface area contributed by atoms with Gasteiger partial charge in [0, 0.05) is 16.8 Å². The third-order valence-corrected chi connectivity index (χ3v) is 4.94. The number of alkyl halides is 2. The number of nitrogen functional groups attached to an aromatic ring is 1. The minimum Gasteiger partial charge on any atom is -0.398 e. The summed E-state index contributed by atoms with van der Waals surface area (Å²) in [4.78, 5) is 28.2. The second-order valence-electron chi connectivity index (χ2n) is 6.65. The quantitative estimate of drug-likeness (QED) is 0.321. The minimum absolute atomic E-state index is 0.0134. The SMILES string of the molecule is Nc1cc(F)ccc1-c1cc(Cl)c(C(=O)Nc2cnc(C(=O)NCC(F)F)c(Cl)c2)cc1F. The number of amides is 2. The molecule has 0 fully saturated rings. The summed E-state index contributed by atoms with van der Waals surface area (Å²) >= 11 is 12.1. The molecule has 33 heavy (non-hydrogen) atoms. The fraction of sp³-hybridized carbons (Fsp3) is 0.0952. The number of aromatic nitrogens is 1. The third kappa shape index (κ3) is 5.71. The van der Waals surface area contributed by atoms with Crippen LogP contribution in [0.5, 0.6) is 0 Å². The van der Waals surface area contributed by atoms with Gasteiger partial charge < -0.3 is 16.4 Å². The Morgan fingerprint density at radius 3 is 2.36 bits per heavy atom. The van der Waals surface area contributed by atoms with Crippen molar-refractivity contribution >= 4 is 46.4 Å². The molecular weight excluding hydrogens is 487 g/mol. The molecular formula is C21H14Cl2F4N4O2. The summed E-state index contributed by atoms with van der Waals surface area (Å²) < 4.78 is 52.4. The van der Waals surface area contributed by atoms with Gasteiger partial charge in [-0.15, -0.1) is 0 Å². The molecule has 2 amide bonds. The van der Waals surface area contributed by atoms with Gasteiger partial charge in [-0.1, -0.05) is 23.2 Å². The number of pyridine rings is 1. The fourth-order valence-electron chi connectivity index (χ4n) is 2.83. The maximum Gasteiger partial charge on any atom is 0.271 e. The lowest BCUT2D eigenvalue weighted by atomic mass is 10.0.